The first kappa shape index (κ1) is 16.6. The smallest absolute Gasteiger partial charge is 0.272 e. The molecule has 0 bridgehead atoms. The number of amides is 1. The van der Waals surface area contributed by atoms with E-state index in [9.17, 15) is 4.79 Å². The summed E-state index contributed by atoms with van der Waals surface area (Å²) in [6.07, 6.45) is 6.65. The van der Waals surface area contributed by atoms with Crippen molar-refractivity contribution in [1.82, 2.24) is 20.3 Å². The van der Waals surface area contributed by atoms with Gasteiger partial charge in [0.2, 0.25) is 5.95 Å². The second kappa shape index (κ2) is 7.57. The Morgan fingerprint density at radius 1 is 1.25 bits per heavy atom. The number of nitrogens with one attached hydrogen (secondary N) is 1. The molecule has 1 aliphatic heterocycles. The molecule has 1 fully saturated rings. The summed E-state index contributed by atoms with van der Waals surface area (Å²) in [6.45, 7) is 3.70. The van der Waals surface area contributed by atoms with Crippen molar-refractivity contribution in [3.8, 4) is 0 Å². The minimum atomic E-state index is -0.321. The number of rotatable bonds is 4. The van der Waals surface area contributed by atoms with Crippen molar-refractivity contribution in [3.63, 3.8) is 0 Å². The third-order valence-electron chi connectivity index (χ3n) is 4.06. The zero-order valence-corrected chi connectivity index (χ0v) is 14.3. The van der Waals surface area contributed by atoms with Crippen LogP contribution in [0.4, 0.5) is 5.95 Å². The van der Waals surface area contributed by atoms with E-state index in [1.807, 2.05) is 25.1 Å². The topological polar surface area (TPSA) is 71.0 Å². The van der Waals surface area contributed by atoms with E-state index in [-0.39, 0.29) is 22.7 Å². The molecule has 0 aromatic carbocycles. The Hall–Kier alpha value is -2.21. The standard InChI is InChI=1S/C17H20ClN5O/c1-12(14-7-3-4-8-19-14)21-16(24)15-13(18)11-20-17(22-15)23-9-5-2-6-10-23/h3-4,7-8,11-12H,2,5-6,9-10H2,1H3,(H,21,24). The lowest BCUT2D eigenvalue weighted by Crippen LogP contribution is -2.33. The van der Waals surface area contributed by atoms with Crippen LogP contribution in [0.25, 0.3) is 0 Å². The Morgan fingerprint density at radius 3 is 2.75 bits per heavy atom. The number of anilines is 1. The van der Waals surface area contributed by atoms with Gasteiger partial charge in [0.1, 0.15) is 0 Å². The van der Waals surface area contributed by atoms with Gasteiger partial charge in [0, 0.05) is 19.3 Å². The normalized spacial score (nSPS) is 15.8. The van der Waals surface area contributed by atoms with Crippen LogP contribution in [-0.2, 0) is 0 Å². The maximum atomic E-state index is 12.6. The monoisotopic (exact) mass is 345 g/mol. The number of piperidine rings is 1. The summed E-state index contributed by atoms with van der Waals surface area (Å²) in [5, 5.41) is 3.14. The van der Waals surface area contributed by atoms with Gasteiger partial charge in [0.15, 0.2) is 5.69 Å². The number of hydrogen-bond donors (Lipinski definition) is 1. The minimum Gasteiger partial charge on any atom is -0.343 e. The second-order valence-corrected chi connectivity index (χ2v) is 6.27. The van der Waals surface area contributed by atoms with Crippen LogP contribution in [0.1, 0.15) is 48.4 Å². The number of nitrogens with zero attached hydrogens (tertiary/aromatic N) is 4. The number of aromatic nitrogens is 3. The molecule has 7 heteroatoms. The molecular formula is C17H20ClN5O. The summed E-state index contributed by atoms with van der Waals surface area (Å²) < 4.78 is 0. The van der Waals surface area contributed by atoms with Crippen LogP contribution in [0.5, 0.6) is 0 Å². The molecule has 1 amide bonds. The predicted octanol–water partition coefficient (Wildman–Crippen LogP) is 3.01. The fourth-order valence-corrected chi connectivity index (χ4v) is 2.91. The number of hydrogen-bond acceptors (Lipinski definition) is 5. The molecule has 1 aliphatic rings. The van der Waals surface area contributed by atoms with Gasteiger partial charge in [-0.15, -0.1) is 0 Å². The Bertz CT molecular complexity index is 703. The molecule has 0 saturated carbocycles. The third-order valence-corrected chi connectivity index (χ3v) is 4.34. The minimum absolute atomic E-state index is 0.204. The largest absolute Gasteiger partial charge is 0.343 e. The van der Waals surface area contributed by atoms with Gasteiger partial charge in [0.25, 0.3) is 5.91 Å². The highest BCUT2D eigenvalue weighted by Crippen LogP contribution is 2.20. The number of carbonyl (C=O) groups excluding carboxylic acids is 1. The zero-order chi connectivity index (χ0) is 16.9. The van der Waals surface area contributed by atoms with Gasteiger partial charge < -0.3 is 10.2 Å². The summed E-state index contributed by atoms with van der Waals surface area (Å²) in [5.41, 5.74) is 0.988. The molecule has 2 aromatic rings. The summed E-state index contributed by atoms with van der Waals surface area (Å²) in [6, 6.07) is 5.36. The Labute approximate surface area is 146 Å². The predicted molar refractivity (Wildman–Crippen MR) is 93.2 cm³/mol. The van der Waals surface area contributed by atoms with E-state index >= 15 is 0 Å². The average Bonchev–Trinajstić information content (AvgIpc) is 2.63. The molecule has 1 N–H and O–H groups in total. The lowest BCUT2D eigenvalue weighted by molar-refractivity contribution is 0.0934. The quantitative estimate of drug-likeness (QED) is 0.922. The first-order chi connectivity index (χ1) is 11.6. The number of halogens is 1. The summed E-state index contributed by atoms with van der Waals surface area (Å²) in [4.78, 5) is 27.6. The van der Waals surface area contributed by atoms with E-state index < -0.39 is 0 Å². The van der Waals surface area contributed by atoms with E-state index in [0.29, 0.717) is 5.95 Å². The molecule has 3 rings (SSSR count). The first-order valence-corrected chi connectivity index (χ1v) is 8.52. The van der Waals surface area contributed by atoms with Gasteiger partial charge in [-0.25, -0.2) is 9.97 Å². The molecule has 1 saturated heterocycles. The summed E-state index contributed by atoms with van der Waals surface area (Å²) >= 11 is 6.14. The molecule has 0 radical (unpaired) electrons. The second-order valence-electron chi connectivity index (χ2n) is 5.86. The van der Waals surface area contributed by atoms with Crippen LogP contribution in [0, 0.1) is 0 Å². The molecule has 6 nitrogen and oxygen atoms in total. The lowest BCUT2D eigenvalue weighted by Gasteiger charge is -2.26. The van der Waals surface area contributed by atoms with Gasteiger partial charge in [0.05, 0.1) is 23.0 Å². The Morgan fingerprint density at radius 2 is 2.04 bits per heavy atom. The third kappa shape index (κ3) is 3.82. The van der Waals surface area contributed by atoms with E-state index in [2.05, 4.69) is 25.2 Å². The molecule has 0 aliphatic carbocycles. The molecule has 1 unspecified atom stereocenters. The first-order valence-electron chi connectivity index (χ1n) is 8.14. The fraction of sp³-hybridized carbons (Fsp3) is 0.412. The van der Waals surface area contributed by atoms with Crippen molar-refractivity contribution in [2.24, 2.45) is 0 Å². The number of pyridine rings is 1. The van der Waals surface area contributed by atoms with Gasteiger partial charge >= 0.3 is 0 Å². The van der Waals surface area contributed by atoms with Crippen molar-refractivity contribution >= 4 is 23.5 Å². The molecule has 1 atom stereocenters. The van der Waals surface area contributed by atoms with E-state index in [0.717, 1.165) is 31.6 Å². The van der Waals surface area contributed by atoms with Crippen LogP contribution in [-0.4, -0.2) is 33.9 Å². The average molecular weight is 346 g/mol. The van der Waals surface area contributed by atoms with Crippen molar-refractivity contribution < 1.29 is 4.79 Å². The van der Waals surface area contributed by atoms with Crippen LogP contribution in [0.3, 0.4) is 0 Å². The highest BCUT2D eigenvalue weighted by molar-refractivity contribution is 6.33. The Balaban J connectivity index is 1.76. The van der Waals surface area contributed by atoms with Crippen molar-refractivity contribution in [1.29, 1.82) is 0 Å². The van der Waals surface area contributed by atoms with Crippen molar-refractivity contribution in [2.45, 2.75) is 32.2 Å². The lowest BCUT2D eigenvalue weighted by atomic mass is 10.1. The SMILES string of the molecule is CC(NC(=O)c1nc(N2CCCCC2)ncc1Cl)c1ccccn1. The van der Waals surface area contributed by atoms with Crippen LogP contribution < -0.4 is 10.2 Å². The Kier molecular flexibility index (Phi) is 5.25. The van der Waals surface area contributed by atoms with E-state index in [1.165, 1.54) is 12.6 Å². The molecule has 0 spiro atoms. The van der Waals surface area contributed by atoms with E-state index in [1.54, 1.807) is 6.20 Å². The fourth-order valence-electron chi connectivity index (χ4n) is 2.73. The number of carbonyl (C=O) groups is 1. The van der Waals surface area contributed by atoms with Gasteiger partial charge in [-0.3, -0.25) is 9.78 Å². The summed E-state index contributed by atoms with van der Waals surface area (Å²) in [7, 11) is 0. The van der Waals surface area contributed by atoms with Crippen LogP contribution >= 0.6 is 11.6 Å². The highest BCUT2D eigenvalue weighted by Gasteiger charge is 2.20. The van der Waals surface area contributed by atoms with Crippen LogP contribution in [0.15, 0.2) is 30.6 Å². The van der Waals surface area contributed by atoms with Crippen molar-refractivity contribution in [3.05, 3.63) is 47.0 Å². The molecular weight excluding hydrogens is 326 g/mol. The molecule has 24 heavy (non-hydrogen) atoms. The molecule has 126 valence electrons. The van der Waals surface area contributed by atoms with Gasteiger partial charge in [-0.2, -0.15) is 0 Å². The van der Waals surface area contributed by atoms with Gasteiger partial charge in [-0.05, 0) is 38.3 Å². The zero-order valence-electron chi connectivity index (χ0n) is 13.6. The van der Waals surface area contributed by atoms with E-state index in [4.69, 9.17) is 11.6 Å². The molecule has 2 aromatic heterocycles. The summed E-state index contributed by atoms with van der Waals surface area (Å²) in [5.74, 6) is 0.244. The maximum Gasteiger partial charge on any atom is 0.272 e. The van der Waals surface area contributed by atoms with Crippen LogP contribution in [0.2, 0.25) is 5.02 Å². The maximum absolute atomic E-state index is 12.6. The highest BCUT2D eigenvalue weighted by atomic mass is 35.5. The van der Waals surface area contributed by atoms with Gasteiger partial charge in [-0.1, -0.05) is 17.7 Å². The molecule has 3 heterocycles. The van der Waals surface area contributed by atoms with Crippen molar-refractivity contribution in [2.75, 3.05) is 18.0 Å².